The normalized spacial score (nSPS) is 14.7. The molecule has 4 fully saturated rings. The minimum Gasteiger partial charge on any atom is -0.381 e. The van der Waals surface area contributed by atoms with Gasteiger partial charge in [0.1, 0.15) is 66.3 Å². The number of halogens is 8. The van der Waals surface area contributed by atoms with Crippen LogP contribution in [0, 0.1) is 68.6 Å². The molecule has 0 radical (unpaired) electrons. The zero-order valence-electron chi connectivity index (χ0n) is 76.4. The summed E-state index contributed by atoms with van der Waals surface area (Å²) in [6.45, 7) is 11.2. The molecule has 27 nitrogen and oxygen atoms in total. The molecule has 16 aromatic rings. The maximum Gasteiger partial charge on any atom is 0.189 e. The molecule has 8 aromatic carbocycles. The van der Waals surface area contributed by atoms with Crippen LogP contribution >= 0.6 is 91.8 Å². The highest BCUT2D eigenvalue weighted by Crippen LogP contribution is 2.43. The molecule has 0 saturated carbocycles. The van der Waals surface area contributed by atoms with Crippen molar-refractivity contribution >= 4 is 222 Å². The number of likely N-dealkylation sites (tertiary alicyclic amines) is 1. The van der Waals surface area contributed by atoms with Gasteiger partial charge in [0.15, 0.2) is 43.1 Å². The van der Waals surface area contributed by atoms with Gasteiger partial charge in [0, 0.05) is 142 Å². The number of thiazole rings is 4. The van der Waals surface area contributed by atoms with Gasteiger partial charge in [-0.1, -0.05) is 140 Å². The Hall–Kier alpha value is -13.1. The molecule has 0 bridgehead atoms. The maximum absolute atomic E-state index is 13.6. The van der Waals surface area contributed by atoms with E-state index in [0.29, 0.717) is 143 Å². The van der Waals surface area contributed by atoms with Crippen molar-refractivity contribution in [2.24, 2.45) is 0 Å². The third kappa shape index (κ3) is 26.0. The lowest BCUT2D eigenvalue weighted by Crippen LogP contribution is -2.36. The van der Waals surface area contributed by atoms with E-state index in [2.05, 4.69) is 196 Å². The molecule has 2 atom stereocenters. The number of nitriles is 4. The van der Waals surface area contributed by atoms with Crippen molar-refractivity contribution < 1.29 is 31.8 Å². The Morgan fingerprint density at radius 1 is 0.362 bits per heavy atom. The van der Waals surface area contributed by atoms with Crippen LogP contribution in [0.3, 0.4) is 0 Å². The quantitative estimate of drug-likeness (QED) is 0.0202. The molecule has 8 aromatic heterocycles. The molecule has 20 rings (SSSR count). The summed E-state index contributed by atoms with van der Waals surface area (Å²) in [5, 5.41) is 67.1. The van der Waals surface area contributed by atoms with Gasteiger partial charge in [-0.05, 0) is 229 Å². The van der Waals surface area contributed by atoms with E-state index in [1.165, 1.54) is 167 Å². The van der Waals surface area contributed by atoms with Gasteiger partial charge in [-0.25, -0.2) is 37.5 Å². The Bertz CT molecular complexity index is 7090. The molecule has 8 N–H and O–H groups in total. The van der Waals surface area contributed by atoms with E-state index in [1.807, 2.05) is 48.5 Å². The topological polar surface area (TPSA) is 335 Å². The number of nitrogens with zero attached hydrogens (tertiary/aromatic N) is 16. The van der Waals surface area contributed by atoms with Crippen molar-refractivity contribution in [2.75, 3.05) is 116 Å². The lowest BCUT2D eigenvalue weighted by Gasteiger charge is -2.31. The number of aromatic nitrogens is 8. The summed E-state index contributed by atoms with van der Waals surface area (Å²) in [4.78, 5) is 45.1. The van der Waals surface area contributed by atoms with E-state index in [4.69, 9.17) is 60.6 Å². The number of likely N-dealkylation sites (N-methyl/N-ethyl adjacent to an activating group) is 2. The zero-order valence-corrected chi connectivity index (χ0v) is 82.7. The van der Waals surface area contributed by atoms with Crippen molar-refractivity contribution in [1.82, 2.24) is 59.5 Å². The van der Waals surface area contributed by atoms with E-state index < -0.39 is 23.3 Å². The summed E-state index contributed by atoms with van der Waals surface area (Å²) in [6, 6.07) is 59.6. The lowest BCUT2D eigenvalue weighted by atomic mass is 10.1. The Kier molecular flexibility index (Phi) is 33.1. The first-order valence-electron chi connectivity index (χ1n) is 45.3. The van der Waals surface area contributed by atoms with Gasteiger partial charge in [0.2, 0.25) is 0 Å². The van der Waals surface area contributed by atoms with Crippen LogP contribution in [0.1, 0.15) is 95.9 Å². The van der Waals surface area contributed by atoms with Crippen LogP contribution in [0.5, 0.6) is 0 Å². The smallest absolute Gasteiger partial charge is 0.189 e. The SMILES string of the molecule is CN(Cc1ccc(Nc2nc3ncc(C#N)c(Nc4ccc(F)c(Cl)c4)c3s2)cc1)C1CCOCC1.CN(Cc1ccc(Nc2nc3ncc(C#N)c(Nc4ccc(F)c(Cl)c4)c3s2)cc1)C[C@@H]1CCCO1.CN(Cc1ccc(Nc2nc3ncc(C#N)c(Nc4ccc(F)c(Cl)c4)c3s2)cc1)C[C@H]1CCCO1.N#Cc1cnc2nc(Nc3ccc(CN4CCCC4)cc3)sc2c1Nc1ccc(F)c(Cl)c1. The third-order valence-corrected chi connectivity index (χ3v) is 28.6. The second kappa shape index (κ2) is 47.0. The first kappa shape index (κ1) is 99.4. The van der Waals surface area contributed by atoms with E-state index in [0.717, 1.165) is 132 Å². The number of pyridine rings is 4. The van der Waals surface area contributed by atoms with Crippen molar-refractivity contribution in [1.29, 1.82) is 21.0 Å². The predicted octanol–water partition coefficient (Wildman–Crippen LogP) is 25.8. The highest BCUT2D eigenvalue weighted by Gasteiger charge is 2.26. The number of hydrogen-bond donors (Lipinski definition) is 8. The standard InChI is InChI=1S/3C26H24ClFN6OS.C24H20ClFN6S/c1-34(20-8-10-35-11-9-20)15-16-2-4-18(5-3-16)32-26-33-25-24(36-26)23(17(13-29)14-30-25)31-19-6-7-22(28)21(27)12-19;2*1-34(15-20-3-2-10-35-20)14-16-4-6-18(7-5-16)32-26-33-25-24(36-26)23(17(12-29)13-30-25)31-19-8-9-22(28)21(27)11-19;25-19-11-18(7-8-20(19)26)29-21-16(12-27)13-28-23-22(21)33-24(31-23)30-17-5-3-15(4-6-17)14-32-9-1-2-10-32/h2-7,12,14,20H,8-11,15H2,1H3,(H2,30,31,32,33);2*4-9,11,13,20H,2-3,10,14-15H2,1H3,(H2,30,31,32,33);3-8,11,13H,1-2,9-10,14H2,(H2,28,29,30,31)/t;2*20-;/m.10./s1. The van der Waals surface area contributed by atoms with Crippen LogP contribution < -0.4 is 42.5 Å². The maximum atomic E-state index is 13.6. The zero-order chi connectivity index (χ0) is 98.0. The Morgan fingerprint density at radius 2 is 0.645 bits per heavy atom. The molecule has 0 unspecified atom stereocenters. The predicted molar refractivity (Wildman–Crippen MR) is 557 cm³/mol. The van der Waals surface area contributed by atoms with Gasteiger partial charge < -0.3 is 56.7 Å². The summed E-state index contributed by atoms with van der Waals surface area (Å²) in [5.41, 5.74) is 16.6. The summed E-state index contributed by atoms with van der Waals surface area (Å²) in [5.74, 6) is -2.02. The minimum atomic E-state index is -0.507. The highest BCUT2D eigenvalue weighted by atomic mass is 35.5. The summed E-state index contributed by atoms with van der Waals surface area (Å²) in [6.07, 6.45) is 15.8. The Balaban J connectivity index is 0.000000130. The monoisotopic (exact) mass is 2040 g/mol. The van der Waals surface area contributed by atoms with Crippen LogP contribution in [-0.4, -0.2) is 151 Å². The molecule has 0 spiro atoms. The number of nitrogens with one attached hydrogen (secondary N) is 8. The molecule has 0 amide bonds. The Morgan fingerprint density at radius 3 is 0.922 bits per heavy atom. The van der Waals surface area contributed by atoms with Gasteiger partial charge >= 0.3 is 0 Å². The second-order valence-corrected chi connectivity index (χ2v) is 39.7. The molecule has 4 aliphatic rings. The van der Waals surface area contributed by atoms with Crippen LogP contribution in [-0.2, 0) is 40.4 Å². The van der Waals surface area contributed by atoms with Gasteiger partial charge in [-0.15, -0.1) is 0 Å². The molecule has 4 saturated heterocycles. The van der Waals surface area contributed by atoms with E-state index in [9.17, 15) is 38.6 Å². The molecular weight excluding hydrogens is 1960 g/mol. The first-order valence-corrected chi connectivity index (χ1v) is 50.0. The molecule has 39 heteroatoms. The molecule has 4 aliphatic heterocycles. The van der Waals surface area contributed by atoms with E-state index >= 15 is 0 Å². The lowest BCUT2D eigenvalue weighted by molar-refractivity contribution is 0.0407. The van der Waals surface area contributed by atoms with Gasteiger partial charge in [-0.2, -0.15) is 41.0 Å². The number of benzene rings is 8. The highest BCUT2D eigenvalue weighted by molar-refractivity contribution is 7.24. The fraction of sp³-hybridized carbons (Fsp3) is 0.255. The summed E-state index contributed by atoms with van der Waals surface area (Å²) < 4.78 is 74.0. The largest absolute Gasteiger partial charge is 0.381 e. The minimum absolute atomic E-state index is 0.00198. The number of fused-ring (bicyclic) bond motifs is 4. The summed E-state index contributed by atoms with van der Waals surface area (Å²) >= 11 is 29.2. The van der Waals surface area contributed by atoms with Crippen molar-refractivity contribution in [3.8, 4) is 24.3 Å². The van der Waals surface area contributed by atoms with E-state index in [1.54, 1.807) is 24.3 Å². The van der Waals surface area contributed by atoms with Crippen LogP contribution in [0.4, 0.5) is 106 Å². The number of rotatable bonds is 29. The molecule has 718 valence electrons. The van der Waals surface area contributed by atoms with E-state index in [-0.39, 0.29) is 20.1 Å². The van der Waals surface area contributed by atoms with Crippen LogP contribution in [0.2, 0.25) is 20.1 Å². The summed E-state index contributed by atoms with van der Waals surface area (Å²) in [7, 11) is 6.39. The number of ether oxygens (including phenoxy) is 3. The average Bonchev–Trinajstić information content (AvgIpc) is 1.59. The van der Waals surface area contributed by atoms with Gasteiger partial charge in [0.05, 0.1) is 77.3 Å². The second-order valence-electron chi connectivity index (χ2n) is 34.0. The third-order valence-electron chi connectivity index (χ3n) is 23.6. The fourth-order valence-corrected chi connectivity index (χ4v) is 21.0. The average molecular weight is 2050 g/mol. The molecule has 141 heavy (non-hydrogen) atoms. The van der Waals surface area contributed by atoms with Crippen LogP contribution in [0.25, 0.3) is 41.4 Å². The fourth-order valence-electron chi connectivity index (χ4n) is 16.5. The molecule has 0 aliphatic carbocycles. The first-order chi connectivity index (χ1) is 68.5. The number of anilines is 16. The van der Waals surface area contributed by atoms with Crippen LogP contribution in [0.15, 0.2) is 195 Å². The number of hydrogen-bond acceptors (Lipinski definition) is 31. The van der Waals surface area contributed by atoms with Crippen molar-refractivity contribution in [3.05, 3.63) is 283 Å². The van der Waals surface area contributed by atoms with Gasteiger partial charge in [-0.3, -0.25) is 19.6 Å². The van der Waals surface area contributed by atoms with Crippen molar-refractivity contribution in [3.63, 3.8) is 0 Å². The molecular formula is C102H92Cl4F4N24O3S4. The Labute approximate surface area is 846 Å². The van der Waals surface area contributed by atoms with Gasteiger partial charge in [0.25, 0.3) is 0 Å². The molecule has 12 heterocycles. The van der Waals surface area contributed by atoms with Crippen molar-refractivity contribution in [2.45, 2.75) is 95.8 Å².